The highest BCUT2D eigenvalue weighted by Crippen LogP contribution is 2.02. The van der Waals surface area contributed by atoms with Gasteiger partial charge in [0.15, 0.2) is 0 Å². The molecule has 0 N–H and O–H groups in total. The van der Waals surface area contributed by atoms with Gasteiger partial charge in [-0.1, -0.05) is 19.6 Å². The van der Waals surface area contributed by atoms with Gasteiger partial charge in [0.25, 0.3) is 0 Å². The van der Waals surface area contributed by atoms with Gasteiger partial charge in [0.05, 0.1) is 0 Å². The summed E-state index contributed by atoms with van der Waals surface area (Å²) < 4.78 is 4.64. The summed E-state index contributed by atoms with van der Waals surface area (Å²) in [6.45, 7) is 5.62. The molecule has 0 spiro atoms. The van der Waals surface area contributed by atoms with Gasteiger partial charge in [0.1, 0.15) is 6.61 Å². The van der Waals surface area contributed by atoms with Crippen molar-refractivity contribution >= 4 is 17.1 Å². The topological polar surface area (TPSA) is 26.3 Å². The molecule has 0 amide bonds. The molecule has 0 aromatic carbocycles. The average molecular weight is 146 g/mol. The van der Waals surface area contributed by atoms with E-state index in [1.807, 2.05) is 6.92 Å². The molecule has 9 heavy (non-hydrogen) atoms. The molecule has 52 valence electrons. The maximum absolute atomic E-state index is 10.5. The fourth-order valence-corrected chi connectivity index (χ4v) is 0.674. The molecule has 0 fully saturated rings. The molecule has 0 aliphatic heterocycles. The first kappa shape index (κ1) is 8.56. The summed E-state index contributed by atoms with van der Waals surface area (Å²) >= 11 is 1.16. The van der Waals surface area contributed by atoms with Crippen LogP contribution in [0.25, 0.3) is 0 Å². The van der Waals surface area contributed by atoms with Crippen molar-refractivity contribution in [1.82, 2.24) is 0 Å². The van der Waals surface area contributed by atoms with Crippen molar-refractivity contribution in [1.29, 1.82) is 0 Å². The molecule has 0 unspecified atom stereocenters. The molecule has 2 nitrogen and oxygen atoms in total. The van der Waals surface area contributed by atoms with E-state index in [-0.39, 0.29) is 5.30 Å². The Hall–Kier alpha value is -0.440. The van der Waals surface area contributed by atoms with Crippen LogP contribution in [0.15, 0.2) is 12.7 Å². The summed E-state index contributed by atoms with van der Waals surface area (Å²) in [6, 6.07) is 0. The van der Waals surface area contributed by atoms with Gasteiger partial charge in [-0.05, 0) is 11.8 Å². The second kappa shape index (κ2) is 5.69. The van der Waals surface area contributed by atoms with E-state index in [1.54, 1.807) is 6.08 Å². The Morgan fingerprint density at radius 2 is 2.56 bits per heavy atom. The van der Waals surface area contributed by atoms with E-state index in [4.69, 9.17) is 0 Å². The summed E-state index contributed by atoms with van der Waals surface area (Å²) in [5, 5.41) is -0.225. The maximum Gasteiger partial charge on any atom is 0.367 e. The first-order valence-corrected chi connectivity index (χ1v) is 3.70. The fourth-order valence-electron chi connectivity index (χ4n) is 0.286. The summed E-state index contributed by atoms with van der Waals surface area (Å²) in [4.78, 5) is 10.5. The van der Waals surface area contributed by atoms with E-state index in [1.165, 1.54) is 0 Å². The van der Waals surface area contributed by atoms with Crippen molar-refractivity contribution < 1.29 is 9.53 Å². The van der Waals surface area contributed by atoms with E-state index >= 15 is 0 Å². The van der Waals surface area contributed by atoms with Crippen LogP contribution in [0.5, 0.6) is 0 Å². The molecule has 0 aliphatic carbocycles. The first-order valence-electron chi connectivity index (χ1n) is 2.71. The van der Waals surface area contributed by atoms with Crippen molar-refractivity contribution in [2.24, 2.45) is 0 Å². The van der Waals surface area contributed by atoms with Crippen LogP contribution in [0.3, 0.4) is 0 Å². The molecule has 0 radical (unpaired) electrons. The zero-order chi connectivity index (χ0) is 7.11. The quantitative estimate of drug-likeness (QED) is 0.450. The fraction of sp³-hybridized carbons (Fsp3) is 0.500. The number of ether oxygens (including phenoxy) is 1. The summed E-state index contributed by atoms with van der Waals surface area (Å²) in [5.74, 6) is 0.760. The Morgan fingerprint density at radius 3 is 3.00 bits per heavy atom. The largest absolute Gasteiger partial charge is 0.453 e. The van der Waals surface area contributed by atoms with E-state index in [0.717, 1.165) is 17.5 Å². The molecule has 0 atom stereocenters. The lowest BCUT2D eigenvalue weighted by Crippen LogP contribution is -1.96. The highest BCUT2D eigenvalue weighted by atomic mass is 32.2. The van der Waals surface area contributed by atoms with Gasteiger partial charge in [-0.15, -0.1) is 0 Å². The third-order valence-electron chi connectivity index (χ3n) is 0.581. The third kappa shape index (κ3) is 5.43. The van der Waals surface area contributed by atoms with Crippen molar-refractivity contribution in [3.05, 3.63) is 12.7 Å². The maximum atomic E-state index is 10.5. The molecule has 0 aromatic rings. The van der Waals surface area contributed by atoms with E-state index in [9.17, 15) is 4.79 Å². The van der Waals surface area contributed by atoms with Crippen molar-refractivity contribution in [3.8, 4) is 0 Å². The predicted octanol–water partition coefficient (Wildman–Crippen LogP) is 2.06. The molecular formula is C6H10O2S. The predicted molar refractivity (Wildman–Crippen MR) is 39.7 cm³/mol. The molecule has 0 rings (SSSR count). The van der Waals surface area contributed by atoms with E-state index in [2.05, 4.69) is 11.3 Å². The van der Waals surface area contributed by atoms with Gasteiger partial charge in [-0.3, -0.25) is 0 Å². The van der Waals surface area contributed by atoms with Crippen LogP contribution in [-0.4, -0.2) is 17.7 Å². The summed E-state index contributed by atoms with van der Waals surface area (Å²) in [7, 11) is 0. The second-order valence-corrected chi connectivity index (χ2v) is 2.48. The normalized spacial score (nSPS) is 8.56. The SMILES string of the molecule is C=CCOC(=O)SCC. The zero-order valence-electron chi connectivity index (χ0n) is 5.42. The molecule has 0 heterocycles. The standard InChI is InChI=1S/C6H10O2S/c1-3-5-8-6(7)9-4-2/h3H,1,4-5H2,2H3. The molecule has 3 heteroatoms. The number of rotatable bonds is 3. The Kier molecular flexibility index (Phi) is 5.41. The van der Waals surface area contributed by atoms with Crippen LogP contribution in [-0.2, 0) is 4.74 Å². The monoisotopic (exact) mass is 146 g/mol. The minimum atomic E-state index is -0.225. The zero-order valence-corrected chi connectivity index (χ0v) is 6.24. The van der Waals surface area contributed by atoms with E-state index < -0.39 is 0 Å². The Balaban J connectivity index is 3.16. The third-order valence-corrected chi connectivity index (χ3v) is 1.22. The average Bonchev–Trinajstić information content (AvgIpc) is 1.85. The van der Waals surface area contributed by atoms with E-state index in [0.29, 0.717) is 6.61 Å². The van der Waals surface area contributed by atoms with Gasteiger partial charge in [0, 0.05) is 5.75 Å². The lowest BCUT2D eigenvalue weighted by atomic mass is 10.7. The lowest BCUT2D eigenvalue weighted by Gasteiger charge is -1.96. The second-order valence-electron chi connectivity index (χ2n) is 1.28. The smallest absolute Gasteiger partial charge is 0.367 e. The number of hydrogen-bond donors (Lipinski definition) is 0. The van der Waals surface area contributed by atoms with Crippen LogP contribution in [0.2, 0.25) is 0 Å². The Bertz CT molecular complexity index is 101. The van der Waals surface area contributed by atoms with Gasteiger partial charge >= 0.3 is 5.30 Å². The van der Waals surface area contributed by atoms with Crippen LogP contribution in [0, 0.1) is 0 Å². The first-order chi connectivity index (χ1) is 4.31. The summed E-state index contributed by atoms with van der Waals surface area (Å²) in [6.07, 6.45) is 1.55. The lowest BCUT2D eigenvalue weighted by molar-refractivity contribution is 0.188. The number of carbonyl (C=O) groups is 1. The molecular weight excluding hydrogens is 136 g/mol. The van der Waals surface area contributed by atoms with Gasteiger partial charge in [-0.2, -0.15) is 0 Å². The number of thioether (sulfide) groups is 1. The van der Waals surface area contributed by atoms with Gasteiger partial charge in [-0.25, -0.2) is 4.79 Å². The van der Waals surface area contributed by atoms with Crippen LogP contribution >= 0.6 is 11.8 Å². The number of hydrogen-bond acceptors (Lipinski definition) is 3. The van der Waals surface area contributed by atoms with Crippen LogP contribution in [0.1, 0.15) is 6.92 Å². The molecule has 0 bridgehead atoms. The molecule has 0 saturated carbocycles. The highest BCUT2D eigenvalue weighted by Gasteiger charge is 1.97. The van der Waals surface area contributed by atoms with Gasteiger partial charge < -0.3 is 4.74 Å². The minimum Gasteiger partial charge on any atom is -0.453 e. The van der Waals surface area contributed by atoms with Gasteiger partial charge in [0.2, 0.25) is 0 Å². The van der Waals surface area contributed by atoms with Crippen molar-refractivity contribution in [2.75, 3.05) is 12.4 Å². The van der Waals surface area contributed by atoms with Crippen LogP contribution < -0.4 is 0 Å². The van der Waals surface area contributed by atoms with Crippen molar-refractivity contribution in [3.63, 3.8) is 0 Å². The molecule has 0 aromatic heterocycles. The molecule has 0 aliphatic rings. The van der Waals surface area contributed by atoms with Crippen LogP contribution in [0.4, 0.5) is 4.79 Å². The number of carbonyl (C=O) groups excluding carboxylic acids is 1. The molecule has 0 saturated heterocycles. The highest BCUT2D eigenvalue weighted by molar-refractivity contribution is 8.13. The Morgan fingerprint density at radius 1 is 1.89 bits per heavy atom. The van der Waals surface area contributed by atoms with Crippen molar-refractivity contribution in [2.45, 2.75) is 6.92 Å². The minimum absolute atomic E-state index is 0.225. The Labute approximate surface area is 59.3 Å². The summed E-state index contributed by atoms with van der Waals surface area (Å²) in [5.41, 5.74) is 0.